The third-order valence-corrected chi connectivity index (χ3v) is 3.40. The summed E-state index contributed by atoms with van der Waals surface area (Å²) in [6, 6.07) is 9.99. The molecular formula is C13H18O2. The molecule has 2 nitrogen and oxygen atoms in total. The third kappa shape index (κ3) is 2.00. The predicted octanol–water partition coefficient (Wildman–Crippen LogP) is 2.88. The molecule has 0 saturated carbocycles. The summed E-state index contributed by atoms with van der Waals surface area (Å²) in [5.41, 5.74) is 0.232. The van der Waals surface area contributed by atoms with Crippen molar-refractivity contribution < 1.29 is 9.47 Å². The summed E-state index contributed by atoms with van der Waals surface area (Å²) in [4.78, 5) is 0. The van der Waals surface area contributed by atoms with Crippen LogP contribution in [0.3, 0.4) is 0 Å². The van der Waals surface area contributed by atoms with Crippen LogP contribution in [0.1, 0.15) is 20.3 Å². The number of para-hydroxylation sites is 1. The van der Waals surface area contributed by atoms with Crippen LogP contribution >= 0.6 is 0 Å². The van der Waals surface area contributed by atoms with E-state index >= 15 is 0 Å². The van der Waals surface area contributed by atoms with Gasteiger partial charge in [0, 0.05) is 0 Å². The molecular weight excluding hydrogens is 188 g/mol. The van der Waals surface area contributed by atoms with Gasteiger partial charge < -0.3 is 9.47 Å². The molecule has 1 unspecified atom stereocenters. The van der Waals surface area contributed by atoms with E-state index < -0.39 is 0 Å². The van der Waals surface area contributed by atoms with E-state index in [1.807, 2.05) is 30.3 Å². The molecule has 0 aliphatic carbocycles. The molecule has 82 valence electrons. The highest BCUT2D eigenvalue weighted by Crippen LogP contribution is 2.36. The lowest BCUT2D eigenvalue weighted by Gasteiger charge is -2.44. The maximum absolute atomic E-state index is 5.93. The predicted molar refractivity (Wildman–Crippen MR) is 60.1 cm³/mol. The highest BCUT2D eigenvalue weighted by molar-refractivity contribution is 5.21. The second-order valence-electron chi connectivity index (χ2n) is 4.28. The zero-order valence-corrected chi connectivity index (χ0v) is 9.40. The molecule has 1 aliphatic rings. The molecule has 0 spiro atoms. The van der Waals surface area contributed by atoms with Crippen LogP contribution in [0.15, 0.2) is 30.3 Å². The van der Waals surface area contributed by atoms with Gasteiger partial charge in [-0.2, -0.15) is 0 Å². The van der Waals surface area contributed by atoms with Crippen molar-refractivity contribution in [2.45, 2.75) is 26.4 Å². The fourth-order valence-electron chi connectivity index (χ4n) is 1.92. The molecule has 1 heterocycles. The minimum absolute atomic E-state index is 0.221. The van der Waals surface area contributed by atoms with Gasteiger partial charge in [-0.15, -0.1) is 0 Å². The van der Waals surface area contributed by atoms with Crippen molar-refractivity contribution in [3.05, 3.63) is 30.3 Å². The second kappa shape index (κ2) is 4.23. The van der Waals surface area contributed by atoms with Crippen LogP contribution < -0.4 is 4.74 Å². The van der Waals surface area contributed by atoms with Crippen molar-refractivity contribution >= 4 is 0 Å². The highest BCUT2D eigenvalue weighted by atomic mass is 16.5. The van der Waals surface area contributed by atoms with Crippen LogP contribution in [-0.2, 0) is 4.74 Å². The van der Waals surface area contributed by atoms with Gasteiger partial charge in [0.1, 0.15) is 11.9 Å². The maximum Gasteiger partial charge on any atom is 0.119 e. The maximum atomic E-state index is 5.93. The molecule has 0 amide bonds. The van der Waals surface area contributed by atoms with Crippen molar-refractivity contribution in [1.82, 2.24) is 0 Å². The fraction of sp³-hybridized carbons (Fsp3) is 0.538. The van der Waals surface area contributed by atoms with E-state index in [4.69, 9.17) is 9.47 Å². The van der Waals surface area contributed by atoms with Crippen LogP contribution in [0.2, 0.25) is 0 Å². The number of benzene rings is 1. The molecule has 1 saturated heterocycles. The monoisotopic (exact) mass is 206 g/mol. The van der Waals surface area contributed by atoms with Gasteiger partial charge >= 0.3 is 0 Å². The summed E-state index contributed by atoms with van der Waals surface area (Å²) in [6.45, 7) is 6.00. The Morgan fingerprint density at radius 3 is 2.47 bits per heavy atom. The number of ether oxygens (including phenoxy) is 2. The minimum Gasteiger partial charge on any atom is -0.490 e. The summed E-state index contributed by atoms with van der Waals surface area (Å²) in [6.07, 6.45) is 1.33. The van der Waals surface area contributed by atoms with Crippen molar-refractivity contribution in [1.29, 1.82) is 0 Å². The average molecular weight is 206 g/mol. The Hall–Kier alpha value is -1.02. The SMILES string of the molecule is CCC1(C(C)Oc2ccccc2)COC1. The molecule has 1 aromatic rings. The van der Waals surface area contributed by atoms with E-state index in [2.05, 4.69) is 13.8 Å². The van der Waals surface area contributed by atoms with Gasteiger partial charge in [-0.1, -0.05) is 25.1 Å². The van der Waals surface area contributed by atoms with Crippen LogP contribution in [0.4, 0.5) is 0 Å². The minimum atomic E-state index is 0.221. The van der Waals surface area contributed by atoms with Gasteiger partial charge in [-0.05, 0) is 25.5 Å². The Kier molecular flexibility index (Phi) is 2.96. The molecule has 1 atom stereocenters. The van der Waals surface area contributed by atoms with E-state index in [0.717, 1.165) is 25.4 Å². The lowest BCUT2D eigenvalue weighted by molar-refractivity contribution is -0.161. The first kappa shape index (κ1) is 10.5. The average Bonchev–Trinajstić information content (AvgIpc) is 2.18. The first-order valence-electron chi connectivity index (χ1n) is 5.56. The standard InChI is InChI=1S/C13H18O2/c1-3-13(9-14-10-13)11(2)15-12-7-5-4-6-8-12/h4-8,11H,3,9-10H2,1-2H3. The first-order valence-corrected chi connectivity index (χ1v) is 5.56. The van der Waals surface area contributed by atoms with Gasteiger partial charge in [-0.3, -0.25) is 0 Å². The molecule has 0 aromatic heterocycles. The second-order valence-corrected chi connectivity index (χ2v) is 4.28. The van der Waals surface area contributed by atoms with Crippen LogP contribution in [0, 0.1) is 5.41 Å². The van der Waals surface area contributed by atoms with E-state index in [0.29, 0.717) is 0 Å². The van der Waals surface area contributed by atoms with Gasteiger partial charge in [0.25, 0.3) is 0 Å². The smallest absolute Gasteiger partial charge is 0.119 e. The molecule has 2 heteroatoms. The van der Waals surface area contributed by atoms with Crippen LogP contribution in [-0.4, -0.2) is 19.3 Å². The highest BCUT2D eigenvalue weighted by Gasteiger charge is 2.43. The fourth-order valence-corrected chi connectivity index (χ4v) is 1.92. The lowest BCUT2D eigenvalue weighted by Crippen LogP contribution is -2.52. The van der Waals surface area contributed by atoms with E-state index in [-0.39, 0.29) is 11.5 Å². The molecule has 2 rings (SSSR count). The summed E-state index contributed by atoms with van der Waals surface area (Å²) in [5.74, 6) is 0.949. The molecule has 0 bridgehead atoms. The Morgan fingerprint density at radius 2 is 2.00 bits per heavy atom. The van der Waals surface area contributed by atoms with Crippen LogP contribution in [0.5, 0.6) is 5.75 Å². The summed E-state index contributed by atoms with van der Waals surface area (Å²) < 4.78 is 11.2. The van der Waals surface area contributed by atoms with Crippen molar-refractivity contribution in [3.63, 3.8) is 0 Å². The Morgan fingerprint density at radius 1 is 1.33 bits per heavy atom. The largest absolute Gasteiger partial charge is 0.490 e. The number of rotatable bonds is 4. The lowest BCUT2D eigenvalue weighted by atomic mass is 9.78. The van der Waals surface area contributed by atoms with Gasteiger partial charge in [-0.25, -0.2) is 0 Å². The zero-order valence-electron chi connectivity index (χ0n) is 9.40. The molecule has 1 aliphatic heterocycles. The van der Waals surface area contributed by atoms with Gasteiger partial charge in [0.05, 0.1) is 18.6 Å². The Balaban J connectivity index is 2.00. The molecule has 1 aromatic carbocycles. The quantitative estimate of drug-likeness (QED) is 0.754. The van der Waals surface area contributed by atoms with E-state index in [9.17, 15) is 0 Å². The van der Waals surface area contributed by atoms with Crippen molar-refractivity contribution in [2.24, 2.45) is 5.41 Å². The Bertz CT molecular complexity index is 298. The summed E-state index contributed by atoms with van der Waals surface area (Å²) >= 11 is 0. The topological polar surface area (TPSA) is 18.5 Å². The van der Waals surface area contributed by atoms with Crippen LogP contribution in [0.25, 0.3) is 0 Å². The normalized spacial score (nSPS) is 20.4. The first-order chi connectivity index (χ1) is 7.27. The molecule has 0 N–H and O–H groups in total. The Labute approximate surface area is 91.2 Å². The van der Waals surface area contributed by atoms with E-state index in [1.54, 1.807) is 0 Å². The zero-order chi connectivity index (χ0) is 10.7. The van der Waals surface area contributed by atoms with Gasteiger partial charge in [0.2, 0.25) is 0 Å². The van der Waals surface area contributed by atoms with Gasteiger partial charge in [0.15, 0.2) is 0 Å². The van der Waals surface area contributed by atoms with Crippen molar-refractivity contribution in [3.8, 4) is 5.75 Å². The van der Waals surface area contributed by atoms with E-state index in [1.165, 1.54) is 0 Å². The molecule has 1 fully saturated rings. The summed E-state index contributed by atoms with van der Waals surface area (Å²) in [5, 5.41) is 0. The number of hydrogen-bond donors (Lipinski definition) is 0. The van der Waals surface area contributed by atoms with Crippen molar-refractivity contribution in [2.75, 3.05) is 13.2 Å². The third-order valence-electron chi connectivity index (χ3n) is 3.40. The molecule has 15 heavy (non-hydrogen) atoms. The summed E-state index contributed by atoms with van der Waals surface area (Å²) in [7, 11) is 0. The number of hydrogen-bond acceptors (Lipinski definition) is 2. The molecule has 0 radical (unpaired) electrons.